The Hall–Kier alpha value is -4.04. The largest absolute Gasteiger partial charge is 0.495 e. The second-order valence-corrected chi connectivity index (χ2v) is 9.07. The average molecular weight is 488 g/mol. The summed E-state index contributed by atoms with van der Waals surface area (Å²) < 4.78 is 11.4. The van der Waals surface area contributed by atoms with Crippen molar-refractivity contribution < 1.29 is 18.7 Å². The number of nitrogens with one attached hydrogen (secondary N) is 1. The fraction of sp³-hybridized carbons (Fsp3) is 0.185. The number of carbonyl (C=O) groups is 2. The molecule has 178 valence electrons. The lowest BCUT2D eigenvalue weighted by molar-refractivity contribution is -0.111. The van der Waals surface area contributed by atoms with Crippen LogP contribution in [0, 0.1) is 0 Å². The van der Waals surface area contributed by atoms with Gasteiger partial charge in [-0.25, -0.2) is 0 Å². The van der Waals surface area contributed by atoms with E-state index in [1.165, 1.54) is 6.08 Å². The van der Waals surface area contributed by atoms with Gasteiger partial charge >= 0.3 is 0 Å². The Bertz CT molecular complexity index is 1370. The topological polar surface area (TPSA) is 75.0 Å². The van der Waals surface area contributed by atoms with Crippen molar-refractivity contribution >= 4 is 51.6 Å². The van der Waals surface area contributed by atoms with Gasteiger partial charge in [0.1, 0.15) is 17.0 Å². The number of carbonyl (C=O) groups excluding carboxylic acids is 2. The lowest BCUT2D eigenvalue weighted by atomic mass is 10.2. The minimum Gasteiger partial charge on any atom is -0.495 e. The third-order valence-electron chi connectivity index (χ3n) is 5.97. The maximum absolute atomic E-state index is 13.5. The number of rotatable bonds is 6. The van der Waals surface area contributed by atoms with Crippen LogP contribution in [0.4, 0.5) is 11.4 Å². The van der Waals surface area contributed by atoms with Crippen LogP contribution in [0.2, 0.25) is 0 Å². The fourth-order valence-electron chi connectivity index (χ4n) is 4.21. The minimum absolute atomic E-state index is 0.148. The van der Waals surface area contributed by atoms with Crippen LogP contribution < -0.4 is 15.0 Å². The molecule has 0 saturated carbocycles. The van der Waals surface area contributed by atoms with Crippen LogP contribution in [-0.2, 0) is 4.79 Å². The number of benzene rings is 2. The van der Waals surface area contributed by atoms with E-state index in [1.807, 2.05) is 60.0 Å². The maximum atomic E-state index is 13.5. The van der Waals surface area contributed by atoms with Crippen molar-refractivity contribution in [3.63, 3.8) is 0 Å². The second-order valence-electron chi connectivity index (χ2n) is 8.09. The van der Waals surface area contributed by atoms with Crippen molar-refractivity contribution in [2.24, 2.45) is 0 Å². The molecular formula is C27H25N3O4S. The fourth-order valence-corrected chi connectivity index (χ4v) is 4.83. The van der Waals surface area contributed by atoms with Gasteiger partial charge in [-0.05, 0) is 41.8 Å². The van der Waals surface area contributed by atoms with Crippen LogP contribution >= 0.6 is 11.3 Å². The van der Waals surface area contributed by atoms with E-state index >= 15 is 0 Å². The summed E-state index contributed by atoms with van der Waals surface area (Å²) in [6.07, 6.45) is 3.22. The minimum atomic E-state index is -0.319. The number of nitrogens with zero attached hydrogens (tertiary/aromatic N) is 2. The van der Waals surface area contributed by atoms with Crippen LogP contribution in [0.5, 0.6) is 5.75 Å². The molecule has 2 aromatic carbocycles. The van der Waals surface area contributed by atoms with E-state index < -0.39 is 0 Å². The van der Waals surface area contributed by atoms with Crippen LogP contribution in [-0.4, -0.2) is 50.0 Å². The Kier molecular flexibility index (Phi) is 6.54. The molecule has 1 aliphatic rings. The van der Waals surface area contributed by atoms with Gasteiger partial charge in [-0.2, -0.15) is 0 Å². The van der Waals surface area contributed by atoms with Gasteiger partial charge < -0.3 is 24.3 Å². The summed E-state index contributed by atoms with van der Waals surface area (Å²) in [4.78, 5) is 31.1. The SMILES string of the molecule is COc1ccccc1N1CCN(C(=O)c2oc3ccccc3c2NC(=O)/C=C/c2cccs2)CC1. The maximum Gasteiger partial charge on any atom is 0.291 e. The van der Waals surface area contributed by atoms with Gasteiger partial charge in [0.05, 0.1) is 12.8 Å². The monoisotopic (exact) mass is 487 g/mol. The highest BCUT2D eigenvalue weighted by molar-refractivity contribution is 7.10. The van der Waals surface area contributed by atoms with Gasteiger partial charge in [0.15, 0.2) is 0 Å². The van der Waals surface area contributed by atoms with Crippen LogP contribution in [0.1, 0.15) is 15.4 Å². The lowest BCUT2D eigenvalue weighted by Gasteiger charge is -2.36. The highest BCUT2D eigenvalue weighted by Crippen LogP contribution is 2.33. The smallest absolute Gasteiger partial charge is 0.291 e. The molecule has 0 spiro atoms. The summed E-state index contributed by atoms with van der Waals surface area (Å²) in [6.45, 7) is 2.38. The quantitative estimate of drug-likeness (QED) is 0.382. The Labute approximate surface area is 207 Å². The highest BCUT2D eigenvalue weighted by atomic mass is 32.1. The molecule has 0 bridgehead atoms. The number of anilines is 2. The number of hydrogen-bond acceptors (Lipinski definition) is 6. The van der Waals surface area contributed by atoms with Crippen molar-refractivity contribution in [1.29, 1.82) is 0 Å². The zero-order chi connectivity index (χ0) is 24.2. The van der Waals surface area contributed by atoms with Gasteiger partial charge in [-0.15, -0.1) is 11.3 Å². The lowest BCUT2D eigenvalue weighted by Crippen LogP contribution is -2.49. The average Bonchev–Trinajstić information content (AvgIpc) is 3.55. The number of para-hydroxylation sites is 3. The van der Waals surface area contributed by atoms with E-state index in [1.54, 1.807) is 35.5 Å². The second kappa shape index (κ2) is 10.1. The van der Waals surface area contributed by atoms with Crippen molar-refractivity contribution in [2.45, 2.75) is 0 Å². The summed E-state index contributed by atoms with van der Waals surface area (Å²) >= 11 is 1.55. The number of thiophene rings is 1. The normalized spacial score (nSPS) is 14.0. The molecule has 0 radical (unpaired) electrons. The van der Waals surface area contributed by atoms with Crippen LogP contribution in [0.15, 0.2) is 76.5 Å². The molecule has 0 aliphatic carbocycles. The summed E-state index contributed by atoms with van der Waals surface area (Å²) in [5.41, 5.74) is 1.97. The van der Waals surface area contributed by atoms with Gasteiger partial charge in [0.2, 0.25) is 11.7 Å². The molecule has 0 atom stereocenters. The molecular weight excluding hydrogens is 462 g/mol. The molecule has 1 N–H and O–H groups in total. The molecule has 1 saturated heterocycles. The number of methoxy groups -OCH3 is 1. The summed E-state index contributed by atoms with van der Waals surface area (Å²) in [5.74, 6) is 0.401. The molecule has 3 heterocycles. The predicted molar refractivity (Wildman–Crippen MR) is 139 cm³/mol. The first kappa shape index (κ1) is 22.7. The third kappa shape index (κ3) is 4.79. The molecule has 4 aromatic rings. The molecule has 7 nitrogen and oxygen atoms in total. The van der Waals surface area contributed by atoms with E-state index in [0.29, 0.717) is 42.8 Å². The van der Waals surface area contributed by atoms with E-state index in [-0.39, 0.29) is 17.6 Å². The number of furan rings is 1. The van der Waals surface area contributed by atoms with E-state index in [2.05, 4.69) is 10.2 Å². The molecule has 2 amide bonds. The van der Waals surface area contributed by atoms with Crippen molar-refractivity contribution in [3.05, 3.63) is 82.8 Å². The Morgan fingerprint density at radius 3 is 2.54 bits per heavy atom. The number of hydrogen-bond donors (Lipinski definition) is 1. The third-order valence-corrected chi connectivity index (χ3v) is 6.81. The van der Waals surface area contributed by atoms with Crippen molar-refractivity contribution in [3.8, 4) is 5.75 Å². The molecule has 5 rings (SSSR count). The zero-order valence-corrected chi connectivity index (χ0v) is 20.1. The van der Waals surface area contributed by atoms with E-state index in [4.69, 9.17) is 9.15 Å². The van der Waals surface area contributed by atoms with Gasteiger partial charge in [-0.1, -0.05) is 30.3 Å². The zero-order valence-electron chi connectivity index (χ0n) is 19.3. The first-order chi connectivity index (χ1) is 17.1. The molecule has 2 aromatic heterocycles. The number of piperazine rings is 1. The van der Waals surface area contributed by atoms with E-state index in [9.17, 15) is 9.59 Å². The molecule has 1 aliphatic heterocycles. The number of ether oxygens (including phenoxy) is 1. The molecule has 0 unspecified atom stereocenters. The van der Waals surface area contributed by atoms with Gasteiger partial charge in [0.25, 0.3) is 5.91 Å². The highest BCUT2D eigenvalue weighted by Gasteiger charge is 2.29. The Morgan fingerprint density at radius 1 is 1.00 bits per heavy atom. The first-order valence-electron chi connectivity index (χ1n) is 11.4. The van der Waals surface area contributed by atoms with Crippen LogP contribution in [0.3, 0.4) is 0 Å². The number of amides is 2. The standard InChI is InChI=1S/C27H25N3O4S/c1-33-23-11-5-3-9-21(23)29-14-16-30(17-15-29)27(32)26-25(20-8-2-4-10-22(20)34-26)28-24(31)13-12-19-7-6-18-35-19/h2-13,18H,14-17H2,1H3,(H,28,31)/b13-12+. The molecule has 8 heteroatoms. The van der Waals surface area contributed by atoms with Gasteiger partial charge in [0, 0.05) is 42.5 Å². The number of fused-ring (bicyclic) bond motifs is 1. The molecule has 1 fully saturated rings. The van der Waals surface area contributed by atoms with Crippen LogP contribution in [0.25, 0.3) is 17.0 Å². The Balaban J connectivity index is 1.35. The summed E-state index contributed by atoms with van der Waals surface area (Å²) in [7, 11) is 1.66. The summed E-state index contributed by atoms with van der Waals surface area (Å²) in [5, 5.41) is 5.52. The summed E-state index contributed by atoms with van der Waals surface area (Å²) in [6, 6.07) is 19.1. The Morgan fingerprint density at radius 2 is 1.77 bits per heavy atom. The van der Waals surface area contributed by atoms with Gasteiger partial charge in [-0.3, -0.25) is 9.59 Å². The first-order valence-corrected chi connectivity index (χ1v) is 12.2. The molecule has 35 heavy (non-hydrogen) atoms. The van der Waals surface area contributed by atoms with Crippen molar-refractivity contribution in [1.82, 2.24) is 4.90 Å². The van der Waals surface area contributed by atoms with E-state index in [0.717, 1.165) is 16.3 Å². The van der Waals surface area contributed by atoms with Crippen molar-refractivity contribution in [2.75, 3.05) is 43.5 Å². The predicted octanol–water partition coefficient (Wildman–Crippen LogP) is 5.12.